The molecule has 17 heavy (non-hydrogen) atoms. The van der Waals surface area contributed by atoms with Crippen LogP contribution in [0.15, 0.2) is 12.3 Å². The van der Waals surface area contributed by atoms with Crippen LogP contribution in [0.5, 0.6) is 5.88 Å². The van der Waals surface area contributed by atoms with E-state index >= 15 is 0 Å². The first-order valence-corrected chi connectivity index (χ1v) is 6.21. The molecule has 1 aliphatic rings. The first-order chi connectivity index (χ1) is 8.24. The van der Waals surface area contributed by atoms with E-state index in [1.54, 1.807) is 12.3 Å². The largest absolute Gasteiger partial charge is 0.475 e. The summed E-state index contributed by atoms with van der Waals surface area (Å²) in [5, 5.41) is 6.60. The Kier molecular flexibility index (Phi) is 4.14. The summed E-state index contributed by atoms with van der Waals surface area (Å²) in [6.07, 6.45) is 4.47. The smallest absolute Gasteiger partial charge is 0.225 e. The summed E-state index contributed by atoms with van der Waals surface area (Å²) < 4.78 is 5.50. The molecule has 94 valence electrons. The van der Waals surface area contributed by atoms with Gasteiger partial charge in [-0.3, -0.25) is 0 Å². The van der Waals surface area contributed by atoms with Gasteiger partial charge in [-0.05, 0) is 26.7 Å². The van der Waals surface area contributed by atoms with Gasteiger partial charge in [0, 0.05) is 31.4 Å². The number of hydrogen-bond donors (Lipinski definition) is 2. The molecule has 1 aromatic rings. The molecule has 0 unspecified atom stereocenters. The fraction of sp³-hybridized carbons (Fsp3) is 0.667. The summed E-state index contributed by atoms with van der Waals surface area (Å²) in [6, 6.07) is 2.52. The lowest BCUT2D eigenvalue weighted by Crippen LogP contribution is -2.24. The van der Waals surface area contributed by atoms with Gasteiger partial charge in [-0.25, -0.2) is 4.98 Å². The van der Waals surface area contributed by atoms with Gasteiger partial charge < -0.3 is 15.4 Å². The third kappa shape index (κ3) is 4.56. The Morgan fingerprint density at radius 3 is 2.94 bits per heavy atom. The second-order valence-electron chi connectivity index (χ2n) is 4.54. The maximum absolute atomic E-state index is 5.50. The van der Waals surface area contributed by atoms with E-state index in [0.29, 0.717) is 11.8 Å². The Morgan fingerprint density at radius 1 is 1.41 bits per heavy atom. The first kappa shape index (κ1) is 12.1. The van der Waals surface area contributed by atoms with Gasteiger partial charge in [0.2, 0.25) is 11.8 Å². The molecule has 0 aromatic carbocycles. The molecular formula is C12H20N4O. The predicted molar refractivity (Wildman–Crippen MR) is 67.3 cm³/mol. The summed E-state index contributed by atoms with van der Waals surface area (Å²) in [4.78, 5) is 8.42. The monoisotopic (exact) mass is 236 g/mol. The van der Waals surface area contributed by atoms with Crippen LogP contribution < -0.4 is 15.4 Å². The summed E-state index contributed by atoms with van der Waals surface area (Å²) in [5.74, 6) is 1.24. The van der Waals surface area contributed by atoms with Crippen molar-refractivity contribution in [2.75, 3.05) is 18.4 Å². The van der Waals surface area contributed by atoms with Crippen molar-refractivity contribution >= 4 is 5.95 Å². The molecule has 1 fully saturated rings. The summed E-state index contributed by atoms with van der Waals surface area (Å²) in [7, 11) is 0. The molecule has 0 radical (unpaired) electrons. The number of aromatic nitrogens is 2. The van der Waals surface area contributed by atoms with Gasteiger partial charge in [0.15, 0.2) is 0 Å². The van der Waals surface area contributed by atoms with Crippen LogP contribution in [0.1, 0.15) is 26.7 Å². The van der Waals surface area contributed by atoms with Crippen LogP contribution in [-0.4, -0.2) is 35.2 Å². The second-order valence-corrected chi connectivity index (χ2v) is 4.54. The van der Waals surface area contributed by atoms with Crippen LogP contribution >= 0.6 is 0 Å². The fourth-order valence-electron chi connectivity index (χ4n) is 1.47. The Morgan fingerprint density at radius 2 is 2.24 bits per heavy atom. The van der Waals surface area contributed by atoms with Crippen molar-refractivity contribution in [2.45, 2.75) is 38.8 Å². The topological polar surface area (TPSA) is 59.1 Å². The standard InChI is InChI=1S/C12H20N4O/c1-9(2)17-11-5-6-14-12(16-11)15-8-7-13-10-3-4-10/h5-6,9-10,13H,3-4,7-8H2,1-2H3,(H,14,15,16). The first-order valence-electron chi connectivity index (χ1n) is 6.21. The van der Waals surface area contributed by atoms with Crippen LogP contribution in [0.25, 0.3) is 0 Å². The number of nitrogens with zero attached hydrogens (tertiary/aromatic N) is 2. The van der Waals surface area contributed by atoms with Gasteiger partial charge in [0.25, 0.3) is 0 Å². The zero-order chi connectivity index (χ0) is 12.1. The summed E-state index contributed by atoms with van der Waals surface area (Å²) in [6.45, 7) is 5.74. The summed E-state index contributed by atoms with van der Waals surface area (Å²) in [5.41, 5.74) is 0. The minimum Gasteiger partial charge on any atom is -0.475 e. The number of nitrogens with one attached hydrogen (secondary N) is 2. The minimum atomic E-state index is 0.134. The van der Waals surface area contributed by atoms with Crippen LogP contribution in [0.4, 0.5) is 5.95 Å². The van der Waals surface area contributed by atoms with Crippen molar-refractivity contribution in [3.8, 4) is 5.88 Å². The lowest BCUT2D eigenvalue weighted by atomic mass is 10.5. The number of ether oxygens (including phenoxy) is 1. The van der Waals surface area contributed by atoms with E-state index < -0.39 is 0 Å². The number of anilines is 1. The van der Waals surface area contributed by atoms with E-state index in [0.717, 1.165) is 19.1 Å². The molecule has 0 bridgehead atoms. The molecule has 5 heteroatoms. The molecule has 0 aliphatic heterocycles. The second kappa shape index (κ2) is 5.82. The molecular weight excluding hydrogens is 216 g/mol. The molecule has 0 saturated heterocycles. The van der Waals surface area contributed by atoms with Crippen molar-refractivity contribution in [3.05, 3.63) is 12.3 Å². The maximum Gasteiger partial charge on any atom is 0.225 e. The van der Waals surface area contributed by atoms with Crippen LogP contribution in [-0.2, 0) is 0 Å². The molecule has 0 spiro atoms. The van der Waals surface area contributed by atoms with Gasteiger partial charge >= 0.3 is 0 Å². The lowest BCUT2D eigenvalue weighted by molar-refractivity contribution is 0.232. The Bertz CT molecular complexity index is 352. The van der Waals surface area contributed by atoms with Crippen LogP contribution in [0, 0.1) is 0 Å². The molecule has 5 nitrogen and oxygen atoms in total. The highest BCUT2D eigenvalue weighted by molar-refractivity contribution is 5.27. The molecule has 0 amide bonds. The lowest BCUT2D eigenvalue weighted by Gasteiger charge is -2.10. The van der Waals surface area contributed by atoms with Crippen LogP contribution in [0.2, 0.25) is 0 Å². The molecule has 1 heterocycles. The highest BCUT2D eigenvalue weighted by Crippen LogP contribution is 2.17. The van der Waals surface area contributed by atoms with E-state index in [9.17, 15) is 0 Å². The Hall–Kier alpha value is -1.36. The highest BCUT2D eigenvalue weighted by Gasteiger charge is 2.19. The summed E-state index contributed by atoms with van der Waals surface area (Å²) >= 11 is 0. The minimum absolute atomic E-state index is 0.134. The molecule has 0 atom stereocenters. The Balaban J connectivity index is 1.74. The van der Waals surface area contributed by atoms with Crippen molar-refractivity contribution in [2.24, 2.45) is 0 Å². The third-order valence-electron chi connectivity index (χ3n) is 2.40. The Labute approximate surface area is 102 Å². The third-order valence-corrected chi connectivity index (χ3v) is 2.40. The van der Waals surface area contributed by atoms with Crippen molar-refractivity contribution in [1.82, 2.24) is 15.3 Å². The highest BCUT2D eigenvalue weighted by atomic mass is 16.5. The van der Waals surface area contributed by atoms with E-state index in [1.807, 2.05) is 13.8 Å². The maximum atomic E-state index is 5.50. The fourth-order valence-corrected chi connectivity index (χ4v) is 1.47. The molecule has 2 N–H and O–H groups in total. The van der Waals surface area contributed by atoms with Gasteiger partial charge in [-0.1, -0.05) is 0 Å². The molecule has 2 rings (SSSR count). The van der Waals surface area contributed by atoms with Gasteiger partial charge in [0.05, 0.1) is 6.10 Å². The van der Waals surface area contributed by atoms with E-state index in [4.69, 9.17) is 4.74 Å². The van der Waals surface area contributed by atoms with Gasteiger partial charge in [-0.15, -0.1) is 0 Å². The molecule has 1 saturated carbocycles. The van der Waals surface area contributed by atoms with Crippen LogP contribution in [0.3, 0.4) is 0 Å². The normalized spacial score (nSPS) is 15.0. The zero-order valence-electron chi connectivity index (χ0n) is 10.4. The van der Waals surface area contributed by atoms with Gasteiger partial charge in [0.1, 0.15) is 0 Å². The molecule has 1 aromatic heterocycles. The van der Waals surface area contributed by atoms with Crippen molar-refractivity contribution < 1.29 is 4.74 Å². The number of rotatable bonds is 7. The average Bonchev–Trinajstić information content (AvgIpc) is 3.08. The van der Waals surface area contributed by atoms with E-state index in [2.05, 4.69) is 20.6 Å². The average molecular weight is 236 g/mol. The number of hydrogen-bond acceptors (Lipinski definition) is 5. The zero-order valence-corrected chi connectivity index (χ0v) is 10.4. The van der Waals surface area contributed by atoms with Crippen molar-refractivity contribution in [3.63, 3.8) is 0 Å². The predicted octanol–water partition coefficient (Wildman–Crippen LogP) is 1.43. The van der Waals surface area contributed by atoms with Gasteiger partial charge in [-0.2, -0.15) is 4.98 Å². The van der Waals surface area contributed by atoms with E-state index in [-0.39, 0.29) is 6.10 Å². The quantitative estimate of drug-likeness (QED) is 0.701. The molecule has 1 aliphatic carbocycles. The van der Waals surface area contributed by atoms with Crippen molar-refractivity contribution in [1.29, 1.82) is 0 Å². The van der Waals surface area contributed by atoms with E-state index in [1.165, 1.54) is 12.8 Å². The SMILES string of the molecule is CC(C)Oc1ccnc(NCCNC2CC2)n1.